The molecule has 0 aliphatic carbocycles. The Morgan fingerprint density at radius 1 is 1.11 bits per heavy atom. The predicted octanol–water partition coefficient (Wildman–Crippen LogP) is 3.08. The molecule has 0 radical (unpaired) electrons. The Labute approximate surface area is 218 Å². The number of carbonyl (C=O) groups excluding carboxylic acids is 3. The van der Waals surface area contributed by atoms with E-state index < -0.39 is 12.0 Å². The Morgan fingerprint density at radius 3 is 2.59 bits per heavy atom. The number of allylic oxidation sites excluding steroid dienone is 2. The molecule has 1 aliphatic rings. The van der Waals surface area contributed by atoms with Crippen LogP contribution in [-0.2, 0) is 32.1 Å². The number of ether oxygens (including phenoxy) is 2. The van der Waals surface area contributed by atoms with Crippen molar-refractivity contribution in [2.75, 3.05) is 13.2 Å². The predicted molar refractivity (Wildman–Crippen MR) is 140 cm³/mol. The third-order valence-corrected chi connectivity index (χ3v) is 6.03. The SMILES string of the molecule is CC1COC(=O)CCC=CCC(CC(=O)NC(CO)Cc2ccc(OCc3ccccc3)cc2)C(=O)N1. The Balaban J connectivity index is 1.51. The summed E-state index contributed by atoms with van der Waals surface area (Å²) >= 11 is 0. The van der Waals surface area contributed by atoms with Gasteiger partial charge in [0.05, 0.1) is 24.6 Å². The fraction of sp³-hybridized carbons (Fsp3) is 0.414. The Morgan fingerprint density at radius 2 is 1.86 bits per heavy atom. The van der Waals surface area contributed by atoms with Crippen LogP contribution in [0.5, 0.6) is 5.75 Å². The van der Waals surface area contributed by atoms with Gasteiger partial charge in [0.15, 0.2) is 0 Å². The number of aliphatic hydroxyl groups is 1. The lowest BCUT2D eigenvalue weighted by Gasteiger charge is -2.21. The summed E-state index contributed by atoms with van der Waals surface area (Å²) in [7, 11) is 0. The molecule has 0 saturated heterocycles. The number of rotatable bonds is 9. The number of cyclic esters (lactones) is 1. The zero-order valence-corrected chi connectivity index (χ0v) is 21.2. The van der Waals surface area contributed by atoms with E-state index in [0.29, 0.717) is 25.9 Å². The number of benzene rings is 2. The molecule has 8 nitrogen and oxygen atoms in total. The summed E-state index contributed by atoms with van der Waals surface area (Å²) in [5.74, 6) is -0.694. The minimum absolute atomic E-state index is 0.00849. The smallest absolute Gasteiger partial charge is 0.306 e. The molecule has 0 aromatic heterocycles. The molecule has 2 aromatic rings. The quantitative estimate of drug-likeness (QED) is 0.354. The monoisotopic (exact) mass is 508 g/mol. The molecule has 2 aromatic carbocycles. The van der Waals surface area contributed by atoms with Crippen LogP contribution in [0.1, 0.15) is 43.7 Å². The highest BCUT2D eigenvalue weighted by Crippen LogP contribution is 2.16. The largest absolute Gasteiger partial charge is 0.489 e. The normalized spacial score (nSPS) is 19.5. The van der Waals surface area contributed by atoms with E-state index in [-0.39, 0.29) is 49.9 Å². The zero-order valence-electron chi connectivity index (χ0n) is 21.2. The van der Waals surface area contributed by atoms with E-state index in [0.717, 1.165) is 16.9 Å². The highest BCUT2D eigenvalue weighted by molar-refractivity contribution is 5.86. The third kappa shape index (κ3) is 10.1. The first kappa shape index (κ1) is 27.9. The number of aliphatic hydroxyl groups excluding tert-OH is 1. The Hall–Kier alpha value is -3.65. The number of amides is 2. The molecular formula is C29H36N2O6. The van der Waals surface area contributed by atoms with E-state index >= 15 is 0 Å². The first-order chi connectivity index (χ1) is 17.9. The van der Waals surface area contributed by atoms with Gasteiger partial charge >= 0.3 is 5.97 Å². The van der Waals surface area contributed by atoms with Gasteiger partial charge in [0.25, 0.3) is 0 Å². The van der Waals surface area contributed by atoms with E-state index in [2.05, 4.69) is 10.6 Å². The summed E-state index contributed by atoms with van der Waals surface area (Å²) < 4.78 is 11.0. The minimum Gasteiger partial charge on any atom is -0.489 e. The highest BCUT2D eigenvalue weighted by Gasteiger charge is 2.24. The van der Waals surface area contributed by atoms with Crippen molar-refractivity contribution < 1.29 is 29.0 Å². The van der Waals surface area contributed by atoms with Crippen LogP contribution in [0.15, 0.2) is 66.7 Å². The van der Waals surface area contributed by atoms with Gasteiger partial charge in [-0.3, -0.25) is 14.4 Å². The van der Waals surface area contributed by atoms with Crippen LogP contribution >= 0.6 is 0 Å². The molecule has 3 unspecified atom stereocenters. The molecule has 37 heavy (non-hydrogen) atoms. The lowest BCUT2D eigenvalue weighted by molar-refractivity contribution is -0.145. The van der Waals surface area contributed by atoms with Crippen molar-refractivity contribution in [3.63, 3.8) is 0 Å². The number of nitrogens with one attached hydrogen (secondary N) is 2. The van der Waals surface area contributed by atoms with E-state index in [1.807, 2.05) is 66.7 Å². The van der Waals surface area contributed by atoms with Crippen LogP contribution in [0.25, 0.3) is 0 Å². The van der Waals surface area contributed by atoms with Gasteiger partial charge in [-0.15, -0.1) is 0 Å². The van der Waals surface area contributed by atoms with Gasteiger partial charge in [0, 0.05) is 12.8 Å². The maximum Gasteiger partial charge on any atom is 0.306 e. The minimum atomic E-state index is -0.561. The van der Waals surface area contributed by atoms with Crippen molar-refractivity contribution in [2.24, 2.45) is 5.92 Å². The van der Waals surface area contributed by atoms with Crippen LogP contribution in [0, 0.1) is 5.92 Å². The standard InChI is InChI=1S/C29H36N2O6/c1-21-19-37-28(34)11-7-3-6-10-24(29(35)30-21)17-27(33)31-25(18-32)16-22-12-14-26(15-13-22)36-20-23-8-4-2-5-9-23/h2-6,8-9,12-15,21,24-25,32H,7,10-11,16-20H2,1H3,(H,30,35)(H,31,33). The van der Waals surface area contributed by atoms with Gasteiger partial charge in [-0.05, 0) is 49.4 Å². The molecule has 1 aliphatic heterocycles. The summed E-state index contributed by atoms with van der Waals surface area (Å²) in [5.41, 5.74) is 2.03. The van der Waals surface area contributed by atoms with E-state index in [4.69, 9.17) is 9.47 Å². The molecule has 0 bridgehead atoms. The molecule has 0 saturated carbocycles. The summed E-state index contributed by atoms with van der Waals surface area (Å²) in [5, 5.41) is 15.5. The summed E-state index contributed by atoms with van der Waals surface area (Å²) in [6, 6.07) is 16.6. The molecule has 8 heteroatoms. The number of hydrogen-bond acceptors (Lipinski definition) is 6. The van der Waals surface area contributed by atoms with E-state index in [9.17, 15) is 19.5 Å². The molecule has 0 fully saturated rings. The Kier molecular flexibility index (Phi) is 11.2. The van der Waals surface area contributed by atoms with Crippen molar-refractivity contribution in [1.82, 2.24) is 10.6 Å². The third-order valence-electron chi connectivity index (χ3n) is 6.03. The second kappa shape index (κ2) is 14.8. The highest BCUT2D eigenvalue weighted by atomic mass is 16.5. The molecule has 1 heterocycles. The number of esters is 1. The van der Waals surface area contributed by atoms with Crippen LogP contribution in [0.3, 0.4) is 0 Å². The molecule has 3 rings (SSSR count). The van der Waals surface area contributed by atoms with Crippen molar-refractivity contribution in [3.8, 4) is 5.75 Å². The maximum absolute atomic E-state index is 12.8. The molecule has 0 spiro atoms. The fourth-order valence-corrected chi connectivity index (χ4v) is 3.97. The maximum atomic E-state index is 12.8. The first-order valence-corrected chi connectivity index (χ1v) is 12.7. The topological polar surface area (TPSA) is 114 Å². The second-order valence-corrected chi connectivity index (χ2v) is 9.31. The van der Waals surface area contributed by atoms with Gasteiger partial charge in [0.2, 0.25) is 11.8 Å². The van der Waals surface area contributed by atoms with Gasteiger partial charge in [-0.1, -0.05) is 54.6 Å². The summed E-state index contributed by atoms with van der Waals surface area (Å²) in [6.45, 7) is 2.10. The number of carbonyl (C=O) groups is 3. The average Bonchev–Trinajstić information content (AvgIpc) is 2.90. The zero-order chi connectivity index (χ0) is 26.5. The van der Waals surface area contributed by atoms with Crippen LogP contribution < -0.4 is 15.4 Å². The average molecular weight is 509 g/mol. The van der Waals surface area contributed by atoms with Crippen molar-refractivity contribution in [3.05, 3.63) is 77.9 Å². The van der Waals surface area contributed by atoms with Crippen molar-refractivity contribution in [1.29, 1.82) is 0 Å². The van der Waals surface area contributed by atoms with Crippen LogP contribution in [0.2, 0.25) is 0 Å². The fourth-order valence-electron chi connectivity index (χ4n) is 3.97. The van der Waals surface area contributed by atoms with E-state index in [1.165, 1.54) is 0 Å². The van der Waals surface area contributed by atoms with Crippen molar-refractivity contribution in [2.45, 2.75) is 57.7 Å². The molecule has 198 valence electrons. The molecule has 3 atom stereocenters. The first-order valence-electron chi connectivity index (χ1n) is 12.7. The van der Waals surface area contributed by atoms with Crippen LogP contribution in [0.4, 0.5) is 0 Å². The summed E-state index contributed by atoms with van der Waals surface area (Å²) in [4.78, 5) is 37.2. The van der Waals surface area contributed by atoms with Gasteiger partial charge in [-0.25, -0.2) is 0 Å². The van der Waals surface area contributed by atoms with E-state index in [1.54, 1.807) is 6.92 Å². The van der Waals surface area contributed by atoms with Crippen LogP contribution in [-0.4, -0.2) is 48.2 Å². The molecular weight excluding hydrogens is 472 g/mol. The number of hydrogen-bond donors (Lipinski definition) is 3. The second-order valence-electron chi connectivity index (χ2n) is 9.31. The lowest BCUT2D eigenvalue weighted by Crippen LogP contribution is -2.44. The Bertz CT molecular complexity index is 1040. The van der Waals surface area contributed by atoms with Gasteiger partial charge < -0.3 is 25.2 Å². The molecule has 2 amide bonds. The van der Waals surface area contributed by atoms with Gasteiger partial charge in [0.1, 0.15) is 19.0 Å². The molecule has 3 N–H and O–H groups in total. The van der Waals surface area contributed by atoms with Crippen molar-refractivity contribution >= 4 is 17.8 Å². The summed E-state index contributed by atoms with van der Waals surface area (Å²) in [6.07, 6.45) is 5.27. The lowest BCUT2D eigenvalue weighted by atomic mass is 9.98. The van der Waals surface area contributed by atoms with Gasteiger partial charge in [-0.2, -0.15) is 0 Å².